The van der Waals surface area contributed by atoms with Crippen LogP contribution in [0.1, 0.15) is 34.1 Å². The molecule has 1 atom stereocenters. The number of hydrogen-bond acceptors (Lipinski definition) is 6. The van der Waals surface area contributed by atoms with Gasteiger partial charge in [0.25, 0.3) is 5.78 Å². The molecule has 3 rings (SSSR count). The number of ether oxygens (including phenoxy) is 1. The molecule has 36 heavy (non-hydrogen) atoms. The molecule has 0 unspecified atom stereocenters. The molecule has 0 fully saturated rings. The summed E-state index contributed by atoms with van der Waals surface area (Å²) in [6.07, 6.45) is -3.30. The highest BCUT2D eigenvalue weighted by molar-refractivity contribution is 6.33. The Morgan fingerprint density at radius 2 is 1.81 bits per heavy atom. The van der Waals surface area contributed by atoms with E-state index < -0.39 is 51.4 Å². The fourth-order valence-electron chi connectivity index (χ4n) is 3.06. The number of amides is 1. The van der Waals surface area contributed by atoms with E-state index in [9.17, 15) is 18.0 Å². The van der Waals surface area contributed by atoms with Gasteiger partial charge in [-0.3, -0.25) is 4.79 Å². The number of benzene rings is 1. The van der Waals surface area contributed by atoms with E-state index in [1.165, 1.54) is 0 Å². The second-order valence-electron chi connectivity index (χ2n) is 8.98. The van der Waals surface area contributed by atoms with Crippen LogP contribution in [0.15, 0.2) is 18.5 Å². The van der Waals surface area contributed by atoms with E-state index in [4.69, 9.17) is 16.3 Å². The molecule has 14 heteroatoms. The number of hydrogen-bond donors (Lipinski definition) is 2. The fraction of sp³-hybridized carbons (Fsp3) is 0.455. The zero-order valence-corrected chi connectivity index (χ0v) is 20.6. The Morgan fingerprint density at radius 1 is 1.17 bits per heavy atom. The van der Waals surface area contributed by atoms with Gasteiger partial charge in [-0.2, -0.15) is 32.8 Å². The van der Waals surface area contributed by atoms with Crippen LogP contribution in [0.2, 0.25) is 5.15 Å². The highest BCUT2D eigenvalue weighted by Gasteiger charge is 2.37. The summed E-state index contributed by atoms with van der Waals surface area (Å²) in [6.45, 7) is 6.46. The number of carbonyl (C=O) groups is 1. The van der Waals surface area contributed by atoms with Crippen LogP contribution in [0, 0.1) is 17.0 Å². The number of nitrogens with one attached hydrogen (secondary N) is 2. The van der Waals surface area contributed by atoms with Gasteiger partial charge in [-0.1, -0.05) is 32.4 Å². The summed E-state index contributed by atoms with van der Waals surface area (Å²) in [4.78, 5) is 19.5. The molecule has 0 bridgehead atoms. The van der Waals surface area contributed by atoms with Crippen molar-refractivity contribution in [1.82, 2.24) is 24.9 Å². The van der Waals surface area contributed by atoms with Crippen molar-refractivity contribution in [1.29, 1.82) is 0 Å². The van der Waals surface area contributed by atoms with E-state index in [1.807, 2.05) is 0 Å². The summed E-state index contributed by atoms with van der Waals surface area (Å²) < 4.78 is 76.2. The van der Waals surface area contributed by atoms with E-state index in [1.54, 1.807) is 20.8 Å². The molecule has 2 aromatic heterocycles. The highest BCUT2D eigenvalue weighted by Crippen LogP contribution is 2.39. The Balaban J connectivity index is 1.87. The van der Waals surface area contributed by atoms with Crippen molar-refractivity contribution < 1.29 is 31.5 Å². The molecule has 196 valence electrons. The first-order valence-corrected chi connectivity index (χ1v) is 11.2. The fourth-order valence-corrected chi connectivity index (χ4v) is 3.32. The zero-order chi connectivity index (χ0) is 26.8. The Morgan fingerprint density at radius 3 is 2.39 bits per heavy atom. The molecule has 2 N–H and O–H groups in total. The maximum atomic E-state index is 15.1. The van der Waals surface area contributed by atoms with E-state index in [0.717, 1.165) is 29.9 Å². The van der Waals surface area contributed by atoms with E-state index in [2.05, 4.69) is 25.7 Å². The maximum Gasteiger partial charge on any atom is 0.408 e. The SMILES string of the molecule is C[C@H](Nc1c(-c2c(F)cc(OCCCNC(=O)C(C)(C)C)cc2F)c(Cl)nc2ncnn12)C(F)(F)F. The summed E-state index contributed by atoms with van der Waals surface area (Å²) in [5, 5.41) is 8.21. The number of carbonyl (C=O) groups excluding carboxylic acids is 1. The van der Waals surface area contributed by atoms with Crippen LogP contribution in [-0.2, 0) is 4.79 Å². The number of alkyl halides is 3. The second kappa shape index (κ2) is 10.4. The molecule has 0 saturated carbocycles. The largest absolute Gasteiger partial charge is 0.493 e. The molecule has 8 nitrogen and oxygen atoms in total. The van der Waals surface area contributed by atoms with Gasteiger partial charge in [-0.15, -0.1) is 0 Å². The normalized spacial score (nSPS) is 13.1. The van der Waals surface area contributed by atoms with Crippen LogP contribution in [0.3, 0.4) is 0 Å². The predicted octanol–water partition coefficient (Wildman–Crippen LogP) is 5.02. The molecule has 3 aromatic rings. The number of aromatic nitrogens is 4. The topological polar surface area (TPSA) is 93.4 Å². The third-order valence-corrected chi connectivity index (χ3v) is 5.32. The van der Waals surface area contributed by atoms with Gasteiger partial charge < -0.3 is 15.4 Å². The van der Waals surface area contributed by atoms with Crippen molar-refractivity contribution in [2.45, 2.75) is 46.3 Å². The zero-order valence-electron chi connectivity index (χ0n) is 19.8. The quantitative estimate of drug-likeness (QED) is 0.239. The summed E-state index contributed by atoms with van der Waals surface area (Å²) in [6, 6.07) is -0.356. The number of nitrogens with zero attached hydrogens (tertiary/aromatic N) is 4. The summed E-state index contributed by atoms with van der Waals surface area (Å²) in [5.74, 6) is -3.19. The molecule has 0 aliphatic rings. The summed E-state index contributed by atoms with van der Waals surface area (Å²) in [5.41, 5.74) is -1.73. The molecular weight excluding hydrogens is 511 g/mol. The number of halogens is 6. The third kappa shape index (κ3) is 6.12. The average Bonchev–Trinajstić information content (AvgIpc) is 3.21. The van der Waals surface area contributed by atoms with E-state index in [-0.39, 0.29) is 24.0 Å². The monoisotopic (exact) mass is 534 g/mol. The Kier molecular flexibility index (Phi) is 7.91. The molecule has 0 radical (unpaired) electrons. The van der Waals surface area contributed by atoms with Crippen LogP contribution >= 0.6 is 11.6 Å². The van der Waals surface area contributed by atoms with Crippen molar-refractivity contribution in [3.8, 4) is 16.9 Å². The lowest BCUT2D eigenvalue weighted by Gasteiger charge is -2.22. The van der Waals surface area contributed by atoms with Gasteiger partial charge >= 0.3 is 6.18 Å². The molecule has 0 spiro atoms. The molecular formula is C22H24ClF5N6O2. The average molecular weight is 535 g/mol. The van der Waals surface area contributed by atoms with Crippen molar-refractivity contribution in [2.24, 2.45) is 5.41 Å². The minimum absolute atomic E-state index is 0.0474. The van der Waals surface area contributed by atoms with E-state index >= 15 is 8.78 Å². The molecule has 1 amide bonds. The Bertz CT molecular complexity index is 1240. The number of rotatable bonds is 8. The van der Waals surface area contributed by atoms with Crippen LogP contribution in [0.25, 0.3) is 16.9 Å². The first-order chi connectivity index (χ1) is 16.7. The van der Waals surface area contributed by atoms with Gasteiger partial charge in [-0.05, 0) is 13.3 Å². The van der Waals surface area contributed by atoms with Gasteiger partial charge in [0.05, 0.1) is 17.7 Å². The molecule has 0 aliphatic heterocycles. The highest BCUT2D eigenvalue weighted by atomic mass is 35.5. The van der Waals surface area contributed by atoms with Crippen molar-refractivity contribution >= 4 is 29.1 Å². The smallest absolute Gasteiger partial charge is 0.408 e. The first-order valence-electron chi connectivity index (χ1n) is 10.8. The lowest BCUT2D eigenvalue weighted by molar-refractivity contribution is -0.138. The van der Waals surface area contributed by atoms with Gasteiger partial charge in [0.1, 0.15) is 40.7 Å². The minimum Gasteiger partial charge on any atom is -0.493 e. The molecule has 0 saturated heterocycles. The molecule has 2 heterocycles. The van der Waals surface area contributed by atoms with Crippen molar-refractivity contribution in [3.05, 3.63) is 35.2 Å². The Labute approximate surface area is 208 Å². The van der Waals surface area contributed by atoms with Crippen LogP contribution in [0.4, 0.5) is 27.8 Å². The number of anilines is 1. The lowest BCUT2D eigenvalue weighted by Crippen LogP contribution is -2.35. The Hall–Kier alpha value is -3.22. The molecule has 0 aliphatic carbocycles. The van der Waals surface area contributed by atoms with Crippen LogP contribution < -0.4 is 15.4 Å². The number of fused-ring (bicyclic) bond motifs is 1. The predicted molar refractivity (Wildman–Crippen MR) is 123 cm³/mol. The lowest BCUT2D eigenvalue weighted by atomic mass is 9.96. The second-order valence-corrected chi connectivity index (χ2v) is 9.33. The van der Waals surface area contributed by atoms with Gasteiger partial charge in [0, 0.05) is 24.1 Å². The summed E-state index contributed by atoms with van der Waals surface area (Å²) in [7, 11) is 0. The van der Waals surface area contributed by atoms with Gasteiger partial charge in [0.2, 0.25) is 5.91 Å². The van der Waals surface area contributed by atoms with Gasteiger partial charge in [0.15, 0.2) is 0 Å². The van der Waals surface area contributed by atoms with Crippen molar-refractivity contribution in [2.75, 3.05) is 18.5 Å². The maximum absolute atomic E-state index is 15.1. The third-order valence-electron chi connectivity index (χ3n) is 5.05. The molecule has 1 aromatic carbocycles. The first kappa shape index (κ1) is 27.4. The van der Waals surface area contributed by atoms with Gasteiger partial charge in [-0.25, -0.2) is 8.78 Å². The summed E-state index contributed by atoms with van der Waals surface area (Å²) >= 11 is 6.14. The van der Waals surface area contributed by atoms with Crippen LogP contribution in [0.5, 0.6) is 5.75 Å². The van der Waals surface area contributed by atoms with E-state index in [0.29, 0.717) is 13.0 Å². The van der Waals surface area contributed by atoms with Crippen LogP contribution in [-0.4, -0.2) is 50.9 Å². The standard InChI is InChI=1S/C22H24ClF5N6O2/c1-11(22(26,27)28)32-18-16(17(23)33-20-30-10-31-34(18)20)15-13(24)8-12(9-14(15)25)36-7-5-6-29-19(35)21(2,3)4/h8-11,32H,5-7H2,1-4H3,(H,29,35)/t11-/m0/s1. The minimum atomic E-state index is -4.68. The van der Waals surface area contributed by atoms with Crippen molar-refractivity contribution in [3.63, 3.8) is 0 Å².